The lowest BCUT2D eigenvalue weighted by Crippen LogP contribution is -2.30. The fourth-order valence-electron chi connectivity index (χ4n) is 3.20. The van der Waals surface area contributed by atoms with Crippen molar-refractivity contribution in [2.75, 3.05) is 4.90 Å². The standard InChI is InChI=1S/C25H20N2O2/c28-24-12-5-4-11-23(24)27(18-22-10-6-7-17-26-22)25(29)21-15-13-20(14-16-21)19-8-2-1-3-9-19/h1-17,28H,18H2. The summed E-state index contributed by atoms with van der Waals surface area (Å²) in [6.45, 7) is 0.262. The van der Waals surface area contributed by atoms with Crippen molar-refractivity contribution in [2.45, 2.75) is 6.54 Å². The van der Waals surface area contributed by atoms with E-state index in [-0.39, 0.29) is 18.2 Å². The Kier molecular flexibility index (Phi) is 5.34. The van der Waals surface area contributed by atoms with E-state index in [9.17, 15) is 9.90 Å². The second-order valence-electron chi connectivity index (χ2n) is 6.64. The van der Waals surface area contributed by atoms with Crippen molar-refractivity contribution in [3.8, 4) is 16.9 Å². The zero-order valence-corrected chi connectivity index (χ0v) is 15.8. The van der Waals surface area contributed by atoms with Crippen molar-refractivity contribution < 1.29 is 9.90 Å². The van der Waals surface area contributed by atoms with Crippen LogP contribution in [0.25, 0.3) is 11.1 Å². The zero-order valence-electron chi connectivity index (χ0n) is 15.8. The molecule has 0 unspecified atom stereocenters. The van der Waals surface area contributed by atoms with Gasteiger partial charge in [0.15, 0.2) is 0 Å². The molecular formula is C25H20N2O2. The van der Waals surface area contributed by atoms with Crippen LogP contribution >= 0.6 is 0 Å². The van der Waals surface area contributed by atoms with Crippen LogP contribution in [0, 0.1) is 0 Å². The van der Waals surface area contributed by atoms with E-state index in [1.165, 1.54) is 0 Å². The molecule has 0 fully saturated rings. The maximum atomic E-state index is 13.3. The third kappa shape index (κ3) is 4.17. The lowest BCUT2D eigenvalue weighted by Gasteiger charge is -2.23. The maximum Gasteiger partial charge on any atom is 0.258 e. The first kappa shape index (κ1) is 18.4. The number of carbonyl (C=O) groups excluding carboxylic acids is 1. The number of anilines is 1. The van der Waals surface area contributed by atoms with Crippen LogP contribution in [-0.2, 0) is 6.54 Å². The summed E-state index contributed by atoms with van der Waals surface area (Å²) in [5.41, 5.74) is 3.88. The highest BCUT2D eigenvalue weighted by atomic mass is 16.3. The van der Waals surface area contributed by atoms with Crippen molar-refractivity contribution in [2.24, 2.45) is 0 Å². The Morgan fingerprint density at radius 1 is 0.759 bits per heavy atom. The molecule has 0 bridgehead atoms. The largest absolute Gasteiger partial charge is 0.506 e. The van der Waals surface area contributed by atoms with Gasteiger partial charge in [-0.25, -0.2) is 0 Å². The van der Waals surface area contributed by atoms with Crippen molar-refractivity contribution >= 4 is 11.6 Å². The summed E-state index contributed by atoms with van der Waals surface area (Å²) in [7, 11) is 0. The molecule has 142 valence electrons. The summed E-state index contributed by atoms with van der Waals surface area (Å²) in [4.78, 5) is 19.2. The maximum absolute atomic E-state index is 13.3. The number of nitrogens with zero attached hydrogens (tertiary/aromatic N) is 2. The number of phenolic OH excluding ortho intramolecular Hbond substituents is 1. The summed E-state index contributed by atoms with van der Waals surface area (Å²) in [5, 5.41) is 10.3. The zero-order chi connectivity index (χ0) is 20.1. The van der Waals surface area contributed by atoms with Crippen LogP contribution in [0.5, 0.6) is 5.75 Å². The Hall–Kier alpha value is -3.92. The lowest BCUT2D eigenvalue weighted by molar-refractivity contribution is 0.0984. The van der Waals surface area contributed by atoms with Gasteiger partial charge in [0.25, 0.3) is 5.91 Å². The van der Waals surface area contributed by atoms with Crippen LogP contribution < -0.4 is 4.90 Å². The normalized spacial score (nSPS) is 10.5. The molecule has 0 aliphatic heterocycles. The number of rotatable bonds is 5. The van der Waals surface area contributed by atoms with Crippen LogP contribution in [0.4, 0.5) is 5.69 Å². The van der Waals surface area contributed by atoms with Crippen molar-refractivity contribution in [1.29, 1.82) is 0 Å². The van der Waals surface area contributed by atoms with Gasteiger partial charge < -0.3 is 5.11 Å². The van der Waals surface area contributed by atoms with E-state index in [0.29, 0.717) is 11.3 Å². The van der Waals surface area contributed by atoms with E-state index in [1.54, 1.807) is 35.4 Å². The minimum Gasteiger partial charge on any atom is -0.506 e. The van der Waals surface area contributed by atoms with E-state index < -0.39 is 0 Å². The fourth-order valence-corrected chi connectivity index (χ4v) is 3.20. The molecule has 0 spiro atoms. The Bertz CT molecular complexity index is 1090. The number of hydrogen-bond acceptors (Lipinski definition) is 3. The number of phenols is 1. The van der Waals surface area contributed by atoms with Gasteiger partial charge in [-0.05, 0) is 47.5 Å². The molecule has 4 rings (SSSR count). The topological polar surface area (TPSA) is 53.4 Å². The van der Waals surface area contributed by atoms with Gasteiger partial charge in [0.1, 0.15) is 5.75 Å². The highest BCUT2D eigenvalue weighted by molar-refractivity contribution is 6.07. The van der Waals surface area contributed by atoms with Gasteiger partial charge in [-0.3, -0.25) is 14.7 Å². The number of benzene rings is 3. The van der Waals surface area contributed by atoms with Crippen molar-refractivity contribution in [3.05, 3.63) is 115 Å². The smallest absolute Gasteiger partial charge is 0.258 e. The average Bonchev–Trinajstić information content (AvgIpc) is 2.79. The molecular weight excluding hydrogens is 360 g/mol. The van der Waals surface area contributed by atoms with Gasteiger partial charge in [-0.1, -0.05) is 60.7 Å². The molecule has 1 aromatic heterocycles. The van der Waals surface area contributed by atoms with Gasteiger partial charge >= 0.3 is 0 Å². The van der Waals surface area contributed by atoms with Gasteiger partial charge in [0.2, 0.25) is 0 Å². The molecule has 1 heterocycles. The third-order valence-corrected chi connectivity index (χ3v) is 4.70. The number of para-hydroxylation sites is 2. The summed E-state index contributed by atoms with van der Waals surface area (Å²) >= 11 is 0. The van der Waals surface area contributed by atoms with Crippen LogP contribution in [0.3, 0.4) is 0 Å². The molecule has 4 nitrogen and oxygen atoms in total. The second-order valence-corrected chi connectivity index (χ2v) is 6.64. The predicted octanol–water partition coefficient (Wildman–Crippen LogP) is 5.30. The number of hydrogen-bond donors (Lipinski definition) is 1. The average molecular weight is 380 g/mol. The molecule has 4 heteroatoms. The van der Waals surface area contributed by atoms with E-state index in [0.717, 1.165) is 16.8 Å². The number of aromatic hydroxyl groups is 1. The first-order chi connectivity index (χ1) is 14.2. The van der Waals surface area contributed by atoms with Crippen LogP contribution in [-0.4, -0.2) is 16.0 Å². The first-order valence-electron chi connectivity index (χ1n) is 9.37. The van der Waals surface area contributed by atoms with Crippen LogP contribution in [0.15, 0.2) is 103 Å². The minimum atomic E-state index is -0.197. The molecule has 3 aromatic carbocycles. The lowest BCUT2D eigenvalue weighted by atomic mass is 10.0. The molecule has 1 N–H and O–H groups in total. The highest BCUT2D eigenvalue weighted by Crippen LogP contribution is 2.29. The summed E-state index contributed by atoms with van der Waals surface area (Å²) in [6.07, 6.45) is 1.69. The molecule has 0 aliphatic carbocycles. The molecule has 0 aliphatic rings. The van der Waals surface area contributed by atoms with Crippen molar-refractivity contribution in [1.82, 2.24) is 4.98 Å². The van der Waals surface area contributed by atoms with E-state index in [2.05, 4.69) is 4.98 Å². The number of aromatic nitrogens is 1. The Morgan fingerprint density at radius 2 is 1.41 bits per heavy atom. The highest BCUT2D eigenvalue weighted by Gasteiger charge is 2.21. The summed E-state index contributed by atoms with van der Waals surface area (Å²) < 4.78 is 0. The summed E-state index contributed by atoms with van der Waals surface area (Å²) in [5.74, 6) is -0.144. The van der Waals surface area contributed by atoms with Gasteiger partial charge in [0, 0.05) is 11.8 Å². The van der Waals surface area contributed by atoms with Crippen molar-refractivity contribution in [3.63, 3.8) is 0 Å². The Balaban J connectivity index is 1.67. The minimum absolute atomic E-state index is 0.0534. The SMILES string of the molecule is O=C(c1ccc(-c2ccccc2)cc1)N(Cc1ccccn1)c1ccccc1O. The van der Waals surface area contributed by atoms with Gasteiger partial charge in [0.05, 0.1) is 17.9 Å². The first-order valence-corrected chi connectivity index (χ1v) is 9.37. The molecule has 4 aromatic rings. The number of pyridine rings is 1. The third-order valence-electron chi connectivity index (χ3n) is 4.70. The molecule has 0 saturated heterocycles. The molecule has 1 amide bonds. The predicted molar refractivity (Wildman–Crippen MR) is 115 cm³/mol. The Morgan fingerprint density at radius 3 is 2.10 bits per heavy atom. The molecule has 0 saturated carbocycles. The quantitative estimate of drug-likeness (QED) is 0.511. The number of amides is 1. The number of carbonyl (C=O) groups is 1. The monoisotopic (exact) mass is 380 g/mol. The van der Waals surface area contributed by atoms with E-state index >= 15 is 0 Å². The van der Waals surface area contributed by atoms with E-state index in [1.807, 2.05) is 72.8 Å². The van der Waals surface area contributed by atoms with E-state index in [4.69, 9.17) is 0 Å². The molecule has 0 radical (unpaired) electrons. The van der Waals surface area contributed by atoms with Gasteiger partial charge in [-0.15, -0.1) is 0 Å². The Labute approximate surface area is 169 Å². The van der Waals surface area contributed by atoms with Crippen LogP contribution in [0.1, 0.15) is 16.1 Å². The second kappa shape index (κ2) is 8.40. The van der Waals surface area contributed by atoms with Crippen LogP contribution in [0.2, 0.25) is 0 Å². The molecule has 29 heavy (non-hydrogen) atoms. The fraction of sp³-hybridized carbons (Fsp3) is 0.0400. The summed E-state index contributed by atoms with van der Waals surface area (Å²) in [6, 6.07) is 29.9. The van der Waals surface area contributed by atoms with Gasteiger partial charge in [-0.2, -0.15) is 0 Å². The molecule has 0 atom stereocenters.